The third-order valence-corrected chi connectivity index (χ3v) is 7.84. The molecule has 2 aliphatic rings. The van der Waals surface area contributed by atoms with E-state index in [1.807, 2.05) is 24.3 Å². The number of piperazine rings is 1. The minimum atomic E-state index is -5.32. The van der Waals surface area contributed by atoms with E-state index < -0.39 is 29.4 Å². The SMILES string of the molecule is Cc1c(C)c(=O)[nH][n+](OC(=O)C(F)(F)F)c1Cc1ccc(F)c(C(=O)N2CCN(C3CCc4ccccc43)C(=O)C2)c1. The topological polar surface area (TPSA) is 104 Å². The highest BCUT2D eigenvalue weighted by Gasteiger charge is 2.46. The Morgan fingerprint density at radius 1 is 1.07 bits per heavy atom. The third kappa shape index (κ3) is 5.50. The Kier molecular flexibility index (Phi) is 7.60. The lowest BCUT2D eigenvalue weighted by molar-refractivity contribution is -0.921. The first kappa shape index (κ1) is 29.0. The number of benzene rings is 2. The predicted molar refractivity (Wildman–Crippen MR) is 139 cm³/mol. The summed E-state index contributed by atoms with van der Waals surface area (Å²) < 4.78 is 53.4. The molecule has 9 nitrogen and oxygen atoms in total. The number of alkyl halides is 3. The molecule has 1 atom stereocenters. The van der Waals surface area contributed by atoms with Gasteiger partial charge in [-0.15, -0.1) is 0 Å². The number of amides is 2. The van der Waals surface area contributed by atoms with E-state index in [-0.39, 0.29) is 60.4 Å². The zero-order valence-electron chi connectivity index (χ0n) is 22.8. The summed E-state index contributed by atoms with van der Waals surface area (Å²) in [7, 11) is 0. The molecule has 1 unspecified atom stereocenters. The molecule has 2 aromatic carbocycles. The van der Waals surface area contributed by atoms with Crippen molar-refractivity contribution in [2.24, 2.45) is 0 Å². The predicted octanol–water partition coefficient (Wildman–Crippen LogP) is 2.50. The average Bonchev–Trinajstić information content (AvgIpc) is 3.38. The van der Waals surface area contributed by atoms with Crippen molar-refractivity contribution < 1.29 is 41.6 Å². The molecule has 1 aliphatic carbocycles. The summed E-state index contributed by atoms with van der Waals surface area (Å²) in [4.78, 5) is 57.9. The van der Waals surface area contributed by atoms with E-state index >= 15 is 0 Å². The number of aromatic amines is 1. The number of hydrogen-bond acceptors (Lipinski definition) is 5. The van der Waals surface area contributed by atoms with E-state index in [0.29, 0.717) is 10.4 Å². The summed E-state index contributed by atoms with van der Waals surface area (Å²) >= 11 is 0. The number of halogens is 4. The van der Waals surface area contributed by atoms with Crippen molar-refractivity contribution in [3.63, 3.8) is 0 Å². The van der Waals surface area contributed by atoms with E-state index in [1.54, 1.807) is 4.90 Å². The lowest BCUT2D eigenvalue weighted by Gasteiger charge is -2.38. The van der Waals surface area contributed by atoms with Crippen molar-refractivity contribution in [2.75, 3.05) is 19.6 Å². The Morgan fingerprint density at radius 2 is 1.81 bits per heavy atom. The number of aromatic nitrogens is 2. The molecule has 1 saturated heterocycles. The molecule has 0 spiro atoms. The molecule has 5 rings (SSSR count). The molecular formula is C29H27F4N4O5+. The van der Waals surface area contributed by atoms with E-state index in [9.17, 15) is 36.7 Å². The number of nitrogens with one attached hydrogen (secondary N) is 1. The summed E-state index contributed by atoms with van der Waals surface area (Å²) in [6.07, 6.45) is -3.90. The Labute approximate surface area is 237 Å². The van der Waals surface area contributed by atoms with E-state index in [2.05, 4.69) is 9.94 Å². The van der Waals surface area contributed by atoms with Crippen LogP contribution in [0, 0.1) is 19.7 Å². The number of H-pyrrole nitrogens is 1. The van der Waals surface area contributed by atoms with Gasteiger partial charge in [0, 0.05) is 24.2 Å². The average molecular weight is 588 g/mol. The quantitative estimate of drug-likeness (QED) is 0.365. The van der Waals surface area contributed by atoms with Gasteiger partial charge in [0.25, 0.3) is 11.6 Å². The highest BCUT2D eigenvalue weighted by molar-refractivity contribution is 5.97. The molecule has 0 saturated carbocycles. The molecule has 1 fully saturated rings. The normalized spacial score (nSPS) is 16.9. The van der Waals surface area contributed by atoms with Gasteiger partial charge in [-0.3, -0.25) is 14.4 Å². The van der Waals surface area contributed by atoms with Crippen molar-refractivity contribution in [1.29, 1.82) is 0 Å². The van der Waals surface area contributed by atoms with Crippen LogP contribution in [0.25, 0.3) is 0 Å². The lowest BCUT2D eigenvalue weighted by atomic mass is 10.0. The Bertz CT molecular complexity index is 1650. The van der Waals surface area contributed by atoms with Crippen molar-refractivity contribution in [3.05, 3.63) is 97.7 Å². The molecular weight excluding hydrogens is 560 g/mol. The van der Waals surface area contributed by atoms with Crippen LogP contribution in [-0.4, -0.2) is 58.5 Å². The number of carbonyl (C=O) groups is 3. The summed E-state index contributed by atoms with van der Waals surface area (Å²) in [6.45, 7) is 3.14. The van der Waals surface area contributed by atoms with Crippen LogP contribution < -0.4 is 15.2 Å². The molecule has 1 aliphatic heterocycles. The number of carbonyl (C=O) groups excluding carboxylic acids is 3. The molecule has 1 N–H and O–H groups in total. The summed E-state index contributed by atoms with van der Waals surface area (Å²) in [5.74, 6) is -4.35. The van der Waals surface area contributed by atoms with Crippen LogP contribution in [0.2, 0.25) is 0 Å². The fraction of sp³-hybridized carbons (Fsp3) is 0.345. The van der Waals surface area contributed by atoms with Crippen molar-refractivity contribution in [1.82, 2.24) is 14.9 Å². The van der Waals surface area contributed by atoms with Crippen LogP contribution in [0.1, 0.15) is 56.3 Å². The first-order valence-electron chi connectivity index (χ1n) is 13.2. The third-order valence-electron chi connectivity index (χ3n) is 7.84. The van der Waals surface area contributed by atoms with Crippen LogP contribution >= 0.6 is 0 Å². The van der Waals surface area contributed by atoms with Crippen molar-refractivity contribution >= 4 is 17.8 Å². The van der Waals surface area contributed by atoms with Gasteiger partial charge < -0.3 is 9.80 Å². The minimum Gasteiger partial charge on any atom is -0.332 e. The monoisotopic (exact) mass is 587 g/mol. The van der Waals surface area contributed by atoms with E-state index in [0.717, 1.165) is 24.5 Å². The molecule has 0 bridgehead atoms. The fourth-order valence-corrected chi connectivity index (χ4v) is 5.46. The van der Waals surface area contributed by atoms with Crippen LogP contribution in [0.5, 0.6) is 0 Å². The minimum absolute atomic E-state index is 0.0182. The highest BCUT2D eigenvalue weighted by atomic mass is 19.4. The van der Waals surface area contributed by atoms with E-state index in [1.165, 1.54) is 36.4 Å². The largest absolute Gasteiger partial charge is 0.498 e. The number of nitrogens with zero attached hydrogens (tertiary/aromatic N) is 3. The first-order valence-corrected chi connectivity index (χ1v) is 13.2. The summed E-state index contributed by atoms with van der Waals surface area (Å²) in [5, 5.41) is 2.07. The Morgan fingerprint density at radius 3 is 2.52 bits per heavy atom. The molecule has 2 amide bonds. The van der Waals surface area contributed by atoms with Crippen LogP contribution in [0.4, 0.5) is 17.6 Å². The number of rotatable bonds is 5. The van der Waals surface area contributed by atoms with Crippen LogP contribution in [0.15, 0.2) is 47.3 Å². The van der Waals surface area contributed by atoms with Gasteiger partial charge in [0.2, 0.25) is 5.91 Å². The zero-order chi connectivity index (χ0) is 30.3. The second-order valence-electron chi connectivity index (χ2n) is 10.4. The molecule has 1 aromatic heterocycles. The molecule has 220 valence electrons. The fourth-order valence-electron chi connectivity index (χ4n) is 5.46. The zero-order valence-corrected chi connectivity index (χ0v) is 22.8. The maximum Gasteiger partial charge on any atom is 0.498 e. The smallest absolute Gasteiger partial charge is 0.332 e. The standard InChI is InChI=1S/C29H26F4N4O5/c1-16-17(2)26(39)34-37(42-28(41)29(31,32)33)24(16)14-18-7-9-22(30)21(13-18)27(40)35-11-12-36(25(38)15-35)23-10-8-19-5-3-4-6-20(19)23/h3-7,9,13,23H,8,10-12,14-15H2,1-2H3/p+1. The molecule has 0 radical (unpaired) electrons. The van der Waals surface area contributed by atoms with Crippen LogP contribution in [0.3, 0.4) is 0 Å². The maximum absolute atomic E-state index is 14.9. The van der Waals surface area contributed by atoms with Gasteiger partial charge in [-0.1, -0.05) is 35.4 Å². The van der Waals surface area contributed by atoms with Crippen LogP contribution in [-0.2, 0) is 22.4 Å². The second kappa shape index (κ2) is 11.0. The van der Waals surface area contributed by atoms with Gasteiger partial charge in [-0.05, 0) is 55.5 Å². The molecule has 42 heavy (non-hydrogen) atoms. The van der Waals surface area contributed by atoms with Crippen molar-refractivity contribution in [3.8, 4) is 0 Å². The Balaban J connectivity index is 1.36. The molecule has 3 aromatic rings. The highest BCUT2D eigenvalue weighted by Crippen LogP contribution is 2.36. The Hall–Kier alpha value is -4.55. The van der Waals surface area contributed by atoms with Gasteiger partial charge in [-0.2, -0.15) is 18.0 Å². The van der Waals surface area contributed by atoms with Gasteiger partial charge in [0.05, 0.1) is 18.0 Å². The summed E-state index contributed by atoms with van der Waals surface area (Å²) in [5.41, 5.74) is 1.87. The van der Waals surface area contributed by atoms with Gasteiger partial charge in [-0.25, -0.2) is 9.18 Å². The number of fused-ring (bicyclic) bond motifs is 1. The lowest BCUT2D eigenvalue weighted by Crippen LogP contribution is -2.58. The van der Waals surface area contributed by atoms with Gasteiger partial charge in [0.1, 0.15) is 17.2 Å². The number of aryl methyl sites for hydroxylation is 1. The van der Waals surface area contributed by atoms with E-state index in [4.69, 9.17) is 0 Å². The number of hydrogen-bond donors (Lipinski definition) is 1. The molecule has 2 heterocycles. The first-order chi connectivity index (χ1) is 19.8. The maximum atomic E-state index is 14.9. The van der Waals surface area contributed by atoms with Gasteiger partial charge >= 0.3 is 17.7 Å². The van der Waals surface area contributed by atoms with Crippen molar-refractivity contribution in [2.45, 2.75) is 45.3 Å². The molecule has 13 heteroatoms. The van der Waals surface area contributed by atoms with Gasteiger partial charge in [0.15, 0.2) is 0 Å². The summed E-state index contributed by atoms with van der Waals surface area (Å²) in [6, 6.07) is 11.4. The second-order valence-corrected chi connectivity index (χ2v) is 10.4.